The van der Waals surface area contributed by atoms with Gasteiger partial charge in [0.25, 0.3) is 5.92 Å². The van der Waals surface area contributed by atoms with E-state index in [4.69, 9.17) is 27.9 Å². The van der Waals surface area contributed by atoms with E-state index in [0.717, 1.165) is 17.3 Å². The first-order valence-electron chi connectivity index (χ1n) is 5.82. The predicted molar refractivity (Wildman–Crippen MR) is 75.5 cm³/mol. The van der Waals surface area contributed by atoms with E-state index in [1.807, 2.05) is 19.1 Å². The molecule has 1 saturated heterocycles. The Morgan fingerprint density at radius 3 is 2.35 bits per heavy atom. The van der Waals surface area contributed by atoms with Crippen LogP contribution in [-0.2, 0) is 9.53 Å². The van der Waals surface area contributed by atoms with Crippen LogP contribution in [0.15, 0.2) is 29.2 Å². The maximum atomic E-state index is 13.7. The van der Waals surface area contributed by atoms with Crippen molar-refractivity contribution in [3.63, 3.8) is 0 Å². The van der Waals surface area contributed by atoms with Crippen LogP contribution in [-0.4, -0.2) is 21.7 Å². The Hall–Kier alpha value is -0.520. The first-order valence-corrected chi connectivity index (χ1v) is 7.46. The zero-order chi connectivity index (χ0) is 15.1. The van der Waals surface area contributed by atoms with Crippen molar-refractivity contribution < 1.29 is 18.3 Å². The number of esters is 1. The largest absolute Gasteiger partial charge is 0.448 e. The van der Waals surface area contributed by atoms with Crippen molar-refractivity contribution in [2.75, 3.05) is 0 Å². The van der Waals surface area contributed by atoms with Gasteiger partial charge in [0, 0.05) is 4.90 Å². The average molecular weight is 341 g/mol. The van der Waals surface area contributed by atoms with Gasteiger partial charge in [-0.3, -0.25) is 0 Å². The molecule has 1 fully saturated rings. The van der Waals surface area contributed by atoms with E-state index in [9.17, 15) is 13.6 Å². The quantitative estimate of drug-likeness (QED) is 0.602. The van der Waals surface area contributed by atoms with Gasteiger partial charge >= 0.3 is 5.97 Å². The fourth-order valence-corrected chi connectivity index (χ4v) is 4.08. The van der Waals surface area contributed by atoms with Crippen molar-refractivity contribution in [3.05, 3.63) is 29.8 Å². The van der Waals surface area contributed by atoms with Crippen LogP contribution < -0.4 is 0 Å². The van der Waals surface area contributed by atoms with Crippen molar-refractivity contribution in [1.82, 2.24) is 0 Å². The van der Waals surface area contributed by atoms with Crippen molar-refractivity contribution in [1.29, 1.82) is 0 Å². The van der Waals surface area contributed by atoms with Gasteiger partial charge in [0.15, 0.2) is 5.44 Å². The molecule has 0 radical (unpaired) electrons. The Balaban J connectivity index is 2.26. The molecule has 0 saturated carbocycles. The number of benzene rings is 1. The Bertz CT molecular complexity index is 514. The molecule has 20 heavy (non-hydrogen) atoms. The van der Waals surface area contributed by atoms with Crippen LogP contribution in [0.5, 0.6) is 0 Å². The highest BCUT2D eigenvalue weighted by molar-refractivity contribution is 7.99. The van der Waals surface area contributed by atoms with Crippen LogP contribution in [0.4, 0.5) is 8.78 Å². The van der Waals surface area contributed by atoms with E-state index in [1.165, 1.54) is 0 Å². The summed E-state index contributed by atoms with van der Waals surface area (Å²) in [6, 6.07) is 7.21. The third-order valence-corrected chi connectivity index (χ3v) is 4.90. The summed E-state index contributed by atoms with van der Waals surface area (Å²) in [5.41, 5.74) is -0.0839. The van der Waals surface area contributed by atoms with Gasteiger partial charge in [0.1, 0.15) is 5.92 Å². The van der Waals surface area contributed by atoms with Crippen molar-refractivity contribution in [3.8, 4) is 0 Å². The first-order chi connectivity index (χ1) is 9.12. The lowest BCUT2D eigenvalue weighted by Gasteiger charge is -2.27. The zero-order valence-corrected chi connectivity index (χ0v) is 13.0. The van der Waals surface area contributed by atoms with Gasteiger partial charge in [-0.15, -0.1) is 0 Å². The molecule has 1 heterocycles. The maximum Gasteiger partial charge on any atom is 0.344 e. The van der Waals surface area contributed by atoms with Crippen LogP contribution in [0.1, 0.15) is 12.5 Å². The Kier molecular flexibility index (Phi) is 4.24. The van der Waals surface area contributed by atoms with E-state index >= 15 is 0 Å². The summed E-state index contributed by atoms with van der Waals surface area (Å²) < 4.78 is 30.1. The summed E-state index contributed by atoms with van der Waals surface area (Å²) in [5, 5.41) is 0. The van der Waals surface area contributed by atoms with Crippen molar-refractivity contribution in [2.24, 2.45) is 5.92 Å². The summed E-state index contributed by atoms with van der Waals surface area (Å²) in [5.74, 6) is -5.88. The number of ether oxygens (including phenoxy) is 1. The summed E-state index contributed by atoms with van der Waals surface area (Å²) in [4.78, 5) is 12.3. The van der Waals surface area contributed by atoms with Crippen LogP contribution >= 0.6 is 35.0 Å². The minimum absolute atomic E-state index is 0.682. The number of rotatable bonds is 3. The molecule has 1 aromatic rings. The molecule has 0 unspecified atom stereocenters. The number of cyclic esters (lactones) is 1. The SMILES string of the molecule is Cc1ccc(S[C@H]2OC(=O)C(Cl)(Cl)[C@@H]2C(C)(F)F)cc1. The Morgan fingerprint density at radius 2 is 1.85 bits per heavy atom. The molecule has 1 aromatic carbocycles. The molecule has 0 spiro atoms. The summed E-state index contributed by atoms with van der Waals surface area (Å²) in [6.07, 6.45) is 0. The van der Waals surface area contributed by atoms with Gasteiger partial charge in [0.2, 0.25) is 4.33 Å². The second-order valence-electron chi connectivity index (χ2n) is 4.76. The highest BCUT2D eigenvalue weighted by atomic mass is 35.5. The monoisotopic (exact) mass is 340 g/mol. The smallest absolute Gasteiger partial charge is 0.344 e. The van der Waals surface area contributed by atoms with Crippen molar-refractivity contribution >= 4 is 40.9 Å². The van der Waals surface area contributed by atoms with Gasteiger partial charge in [-0.25, -0.2) is 13.6 Å². The van der Waals surface area contributed by atoms with E-state index in [1.54, 1.807) is 12.1 Å². The number of alkyl halides is 4. The molecule has 0 bridgehead atoms. The topological polar surface area (TPSA) is 26.3 Å². The second kappa shape index (κ2) is 5.35. The third kappa shape index (κ3) is 3.05. The molecular formula is C13H12Cl2F2O2S. The molecular weight excluding hydrogens is 329 g/mol. The molecule has 2 nitrogen and oxygen atoms in total. The molecule has 0 amide bonds. The second-order valence-corrected chi connectivity index (χ2v) is 7.32. The summed E-state index contributed by atoms with van der Waals surface area (Å²) in [7, 11) is 0. The fourth-order valence-electron chi connectivity index (χ4n) is 1.95. The van der Waals surface area contributed by atoms with E-state index in [-0.39, 0.29) is 0 Å². The van der Waals surface area contributed by atoms with E-state index < -0.39 is 27.6 Å². The average Bonchev–Trinajstić information content (AvgIpc) is 2.51. The van der Waals surface area contributed by atoms with Gasteiger partial charge in [-0.05, 0) is 26.0 Å². The number of carbonyl (C=O) groups excluding carboxylic acids is 1. The third-order valence-electron chi connectivity index (χ3n) is 2.98. The van der Waals surface area contributed by atoms with Crippen LogP contribution in [0.2, 0.25) is 0 Å². The molecule has 2 atom stereocenters. The van der Waals surface area contributed by atoms with Crippen LogP contribution in [0.3, 0.4) is 0 Å². The summed E-state index contributed by atoms with van der Waals surface area (Å²) >= 11 is 12.5. The van der Waals surface area contributed by atoms with E-state index in [2.05, 4.69) is 0 Å². The lowest BCUT2D eigenvalue weighted by atomic mass is 10.0. The lowest BCUT2D eigenvalue weighted by molar-refractivity contribution is -0.139. The molecule has 0 aromatic heterocycles. The molecule has 1 aliphatic rings. The normalized spacial score (nSPS) is 25.6. The lowest BCUT2D eigenvalue weighted by Crippen LogP contribution is -2.41. The highest BCUT2D eigenvalue weighted by Gasteiger charge is 2.64. The van der Waals surface area contributed by atoms with Gasteiger partial charge in [0.05, 0.1) is 0 Å². The minimum atomic E-state index is -3.24. The van der Waals surface area contributed by atoms with Crippen LogP contribution in [0, 0.1) is 12.8 Å². The number of carbonyl (C=O) groups is 1. The van der Waals surface area contributed by atoms with Gasteiger partial charge in [-0.2, -0.15) is 0 Å². The first kappa shape index (κ1) is 15.9. The zero-order valence-electron chi connectivity index (χ0n) is 10.7. The highest BCUT2D eigenvalue weighted by Crippen LogP contribution is 2.52. The number of hydrogen-bond donors (Lipinski definition) is 0. The van der Waals surface area contributed by atoms with E-state index in [0.29, 0.717) is 11.8 Å². The number of thioether (sulfide) groups is 1. The minimum Gasteiger partial charge on any atom is -0.448 e. The standard InChI is InChI=1S/C13H12Cl2F2O2S/c1-7-3-5-8(6-4-7)20-10-9(12(2,16)17)13(14,15)11(18)19-10/h3-6,9-10H,1-2H3/t9-,10+/m0/s1. The summed E-state index contributed by atoms with van der Waals surface area (Å²) in [6.45, 7) is 2.59. The number of aryl methyl sites for hydroxylation is 1. The molecule has 1 aliphatic heterocycles. The predicted octanol–water partition coefficient (Wildman–Crippen LogP) is 4.42. The Morgan fingerprint density at radius 1 is 1.30 bits per heavy atom. The maximum absolute atomic E-state index is 13.7. The molecule has 7 heteroatoms. The molecule has 0 N–H and O–H groups in total. The fraction of sp³-hybridized carbons (Fsp3) is 0.462. The van der Waals surface area contributed by atoms with Gasteiger partial charge in [-0.1, -0.05) is 52.7 Å². The molecule has 0 aliphatic carbocycles. The number of halogens is 4. The van der Waals surface area contributed by atoms with Crippen LogP contribution in [0.25, 0.3) is 0 Å². The van der Waals surface area contributed by atoms with Gasteiger partial charge < -0.3 is 4.74 Å². The van der Waals surface area contributed by atoms with Crippen molar-refractivity contribution in [2.45, 2.75) is 34.4 Å². The molecule has 110 valence electrons. The number of hydrogen-bond acceptors (Lipinski definition) is 3. The molecule has 2 rings (SSSR count). The Labute approximate surface area is 129 Å².